The molecule has 7 heteroatoms. The minimum atomic E-state index is -3.16. The number of benzene rings is 2. The van der Waals surface area contributed by atoms with E-state index >= 15 is 0 Å². The summed E-state index contributed by atoms with van der Waals surface area (Å²) in [7, 11) is -3.16. The second-order valence-corrected chi connectivity index (χ2v) is 7.68. The van der Waals surface area contributed by atoms with Gasteiger partial charge in [0.05, 0.1) is 30.3 Å². The van der Waals surface area contributed by atoms with Crippen LogP contribution in [0.2, 0.25) is 0 Å². The van der Waals surface area contributed by atoms with Crippen molar-refractivity contribution in [2.45, 2.75) is 20.0 Å². The van der Waals surface area contributed by atoms with E-state index in [1.165, 1.54) is 0 Å². The Bertz CT molecular complexity index is 987. The van der Waals surface area contributed by atoms with E-state index in [0.717, 1.165) is 5.56 Å². The first-order valence-corrected chi connectivity index (χ1v) is 10.1. The highest BCUT2D eigenvalue weighted by Gasteiger charge is 2.24. The Morgan fingerprint density at radius 1 is 1.00 bits per heavy atom. The molecule has 0 fully saturated rings. The van der Waals surface area contributed by atoms with E-state index < -0.39 is 13.2 Å². The van der Waals surface area contributed by atoms with Crippen molar-refractivity contribution in [3.05, 3.63) is 64.5 Å². The highest BCUT2D eigenvalue weighted by Crippen LogP contribution is 2.51. The third-order valence-corrected chi connectivity index (χ3v) is 5.82. The standard InChI is InChI=1S/C19H20NO5P/c1-3-23-26(22,24-4-2)13-14-9-11-15(12-10-14)18-20-17-8-6-5-7-16(17)19(21)25-18/h5-12H,3-4,13H2,1-2H3. The first-order chi connectivity index (χ1) is 12.5. The molecule has 3 aromatic rings. The molecule has 136 valence electrons. The molecule has 3 rings (SSSR count). The molecule has 0 aliphatic heterocycles. The van der Waals surface area contributed by atoms with Crippen LogP contribution >= 0.6 is 7.60 Å². The number of aromatic nitrogens is 1. The van der Waals surface area contributed by atoms with Crippen molar-refractivity contribution in [2.24, 2.45) is 0 Å². The average Bonchev–Trinajstić information content (AvgIpc) is 2.62. The van der Waals surface area contributed by atoms with Gasteiger partial charge in [-0.1, -0.05) is 24.3 Å². The number of hydrogen-bond donors (Lipinski definition) is 0. The Kier molecular flexibility index (Phi) is 5.67. The fourth-order valence-electron chi connectivity index (χ4n) is 2.64. The van der Waals surface area contributed by atoms with Gasteiger partial charge in [-0.05, 0) is 43.7 Å². The highest BCUT2D eigenvalue weighted by atomic mass is 31.2. The first-order valence-electron chi connectivity index (χ1n) is 8.42. The molecular weight excluding hydrogens is 353 g/mol. The summed E-state index contributed by atoms with van der Waals surface area (Å²) < 4.78 is 28.6. The molecule has 0 saturated carbocycles. The number of rotatable bonds is 7. The summed E-state index contributed by atoms with van der Waals surface area (Å²) in [5, 5.41) is 0.447. The summed E-state index contributed by atoms with van der Waals surface area (Å²) in [6.07, 6.45) is 0.185. The van der Waals surface area contributed by atoms with Crippen LogP contribution in [0, 0.1) is 0 Å². The van der Waals surface area contributed by atoms with E-state index in [2.05, 4.69) is 4.98 Å². The topological polar surface area (TPSA) is 78.6 Å². The number of nitrogens with zero attached hydrogens (tertiary/aromatic N) is 1. The van der Waals surface area contributed by atoms with Gasteiger partial charge in [0, 0.05) is 5.56 Å². The monoisotopic (exact) mass is 373 g/mol. The van der Waals surface area contributed by atoms with E-state index in [0.29, 0.717) is 29.7 Å². The molecule has 0 aliphatic carbocycles. The highest BCUT2D eigenvalue weighted by molar-refractivity contribution is 7.53. The zero-order valence-corrected chi connectivity index (χ0v) is 15.6. The van der Waals surface area contributed by atoms with Crippen molar-refractivity contribution in [2.75, 3.05) is 13.2 Å². The third-order valence-electron chi connectivity index (χ3n) is 3.76. The zero-order chi connectivity index (χ0) is 18.6. The van der Waals surface area contributed by atoms with Crippen molar-refractivity contribution in [1.82, 2.24) is 4.98 Å². The maximum absolute atomic E-state index is 12.6. The summed E-state index contributed by atoms with van der Waals surface area (Å²) in [6, 6.07) is 14.2. The Morgan fingerprint density at radius 2 is 1.65 bits per heavy atom. The van der Waals surface area contributed by atoms with Gasteiger partial charge in [-0.3, -0.25) is 4.57 Å². The van der Waals surface area contributed by atoms with Crippen LogP contribution in [0.15, 0.2) is 57.7 Å². The van der Waals surface area contributed by atoms with Crippen LogP contribution < -0.4 is 5.63 Å². The van der Waals surface area contributed by atoms with E-state index in [9.17, 15) is 9.36 Å². The lowest BCUT2D eigenvalue weighted by Crippen LogP contribution is -2.02. The Labute approximate surface area is 151 Å². The van der Waals surface area contributed by atoms with Crippen LogP contribution in [0.5, 0.6) is 0 Å². The van der Waals surface area contributed by atoms with Gasteiger partial charge in [-0.15, -0.1) is 0 Å². The summed E-state index contributed by atoms with van der Waals surface area (Å²) in [6.45, 7) is 4.20. The lowest BCUT2D eigenvalue weighted by molar-refractivity contribution is 0.219. The van der Waals surface area contributed by atoms with Crippen molar-refractivity contribution in [1.29, 1.82) is 0 Å². The molecule has 0 amide bonds. The summed E-state index contributed by atoms with van der Waals surface area (Å²) in [5.74, 6) is 0.248. The maximum Gasteiger partial charge on any atom is 0.347 e. The fourth-order valence-corrected chi connectivity index (χ4v) is 4.34. The van der Waals surface area contributed by atoms with E-state index in [4.69, 9.17) is 13.5 Å². The molecule has 1 aromatic heterocycles. The average molecular weight is 373 g/mol. The van der Waals surface area contributed by atoms with Crippen LogP contribution in [-0.4, -0.2) is 18.2 Å². The second-order valence-electron chi connectivity index (χ2n) is 5.63. The molecule has 0 bridgehead atoms. The minimum Gasteiger partial charge on any atom is -0.403 e. The molecule has 6 nitrogen and oxygen atoms in total. The molecule has 26 heavy (non-hydrogen) atoms. The van der Waals surface area contributed by atoms with Crippen LogP contribution in [0.4, 0.5) is 0 Å². The first kappa shape index (κ1) is 18.5. The predicted octanol–water partition coefficient (Wildman–Crippen LogP) is 4.62. The molecule has 0 radical (unpaired) electrons. The van der Waals surface area contributed by atoms with Gasteiger partial charge in [-0.2, -0.15) is 0 Å². The smallest absolute Gasteiger partial charge is 0.347 e. The SMILES string of the molecule is CCOP(=O)(Cc1ccc(-c2nc3ccccc3c(=O)o2)cc1)OCC. The molecule has 0 saturated heterocycles. The number of hydrogen-bond acceptors (Lipinski definition) is 6. The molecular formula is C19H20NO5P. The molecule has 2 aromatic carbocycles. The summed E-state index contributed by atoms with van der Waals surface area (Å²) >= 11 is 0. The molecule has 0 atom stereocenters. The Balaban J connectivity index is 1.88. The normalized spacial score (nSPS) is 11.8. The van der Waals surface area contributed by atoms with E-state index in [1.807, 2.05) is 6.07 Å². The number of para-hydroxylation sites is 1. The van der Waals surface area contributed by atoms with Gasteiger partial charge in [0.15, 0.2) is 0 Å². The van der Waals surface area contributed by atoms with Crippen molar-refractivity contribution >= 4 is 18.5 Å². The van der Waals surface area contributed by atoms with Crippen molar-refractivity contribution < 1.29 is 18.0 Å². The molecule has 0 N–H and O–H groups in total. The van der Waals surface area contributed by atoms with Crippen molar-refractivity contribution in [3.8, 4) is 11.5 Å². The largest absolute Gasteiger partial charge is 0.403 e. The van der Waals surface area contributed by atoms with Gasteiger partial charge < -0.3 is 13.5 Å². The fraction of sp³-hybridized carbons (Fsp3) is 0.263. The van der Waals surface area contributed by atoms with Crippen LogP contribution in [0.25, 0.3) is 22.4 Å². The van der Waals surface area contributed by atoms with Gasteiger partial charge in [0.2, 0.25) is 5.89 Å². The van der Waals surface area contributed by atoms with Gasteiger partial charge in [0.25, 0.3) is 0 Å². The lowest BCUT2D eigenvalue weighted by atomic mass is 10.1. The molecule has 0 unspecified atom stereocenters. The molecule has 0 spiro atoms. The zero-order valence-electron chi connectivity index (χ0n) is 14.7. The molecule has 0 aliphatic rings. The second kappa shape index (κ2) is 7.96. The molecule has 1 heterocycles. The lowest BCUT2D eigenvalue weighted by Gasteiger charge is -2.17. The predicted molar refractivity (Wildman–Crippen MR) is 100 cm³/mol. The summed E-state index contributed by atoms with van der Waals surface area (Å²) in [5.41, 5.74) is 1.63. The Morgan fingerprint density at radius 3 is 2.31 bits per heavy atom. The van der Waals surface area contributed by atoms with Gasteiger partial charge in [-0.25, -0.2) is 9.78 Å². The quantitative estimate of drug-likeness (QED) is 0.562. The van der Waals surface area contributed by atoms with E-state index in [1.54, 1.807) is 56.3 Å². The van der Waals surface area contributed by atoms with Crippen LogP contribution in [0.1, 0.15) is 19.4 Å². The van der Waals surface area contributed by atoms with Crippen LogP contribution in [0.3, 0.4) is 0 Å². The minimum absolute atomic E-state index is 0.185. The summed E-state index contributed by atoms with van der Waals surface area (Å²) in [4.78, 5) is 16.5. The third kappa shape index (κ3) is 4.10. The van der Waals surface area contributed by atoms with Gasteiger partial charge in [0.1, 0.15) is 0 Å². The van der Waals surface area contributed by atoms with E-state index in [-0.39, 0.29) is 12.1 Å². The van der Waals surface area contributed by atoms with Crippen molar-refractivity contribution in [3.63, 3.8) is 0 Å². The van der Waals surface area contributed by atoms with Crippen LogP contribution in [-0.2, 0) is 19.8 Å². The van der Waals surface area contributed by atoms with Gasteiger partial charge >= 0.3 is 13.2 Å². The maximum atomic E-state index is 12.6. The number of fused-ring (bicyclic) bond motifs is 1. The Hall–Kier alpha value is -2.27.